The van der Waals surface area contributed by atoms with Gasteiger partial charge in [-0.1, -0.05) is 6.07 Å². The van der Waals surface area contributed by atoms with Crippen molar-refractivity contribution in [2.45, 2.75) is 19.1 Å². The average molecular weight is 194 g/mol. The summed E-state index contributed by atoms with van der Waals surface area (Å²) in [6.45, 7) is 0. The van der Waals surface area contributed by atoms with Gasteiger partial charge in [0.25, 0.3) is 0 Å². The smallest absolute Gasteiger partial charge is 0.137 e. The van der Waals surface area contributed by atoms with E-state index < -0.39 is 6.23 Å². The Labute approximate surface area is 82.7 Å². The Hall–Kier alpha value is -1.39. The monoisotopic (exact) mass is 194 g/mol. The first-order valence-electron chi connectivity index (χ1n) is 4.44. The molecule has 4 heteroatoms. The van der Waals surface area contributed by atoms with Gasteiger partial charge in [-0.15, -0.1) is 0 Å². The molecule has 0 amide bonds. The van der Waals surface area contributed by atoms with E-state index in [9.17, 15) is 5.11 Å². The Morgan fingerprint density at radius 2 is 2.36 bits per heavy atom. The molecule has 1 aromatic heterocycles. The molecule has 0 radical (unpaired) electrons. The maximum Gasteiger partial charge on any atom is 0.137 e. The number of hydrogen-bond donors (Lipinski definition) is 3. The zero-order valence-corrected chi connectivity index (χ0v) is 7.80. The van der Waals surface area contributed by atoms with Crippen molar-refractivity contribution in [1.82, 2.24) is 4.98 Å². The highest BCUT2D eigenvalue weighted by molar-refractivity contribution is 5.53. The van der Waals surface area contributed by atoms with E-state index in [4.69, 9.17) is 10.8 Å². The van der Waals surface area contributed by atoms with Crippen molar-refractivity contribution in [2.75, 3.05) is 0 Å². The van der Waals surface area contributed by atoms with E-state index in [2.05, 4.69) is 4.98 Å². The van der Waals surface area contributed by atoms with Gasteiger partial charge in [-0.25, -0.2) is 0 Å². The Balaban J connectivity index is 2.53. The van der Waals surface area contributed by atoms with Crippen LogP contribution in [0.3, 0.4) is 0 Å². The zero-order valence-electron chi connectivity index (χ0n) is 7.80. The molecule has 0 fully saturated rings. The van der Waals surface area contributed by atoms with Crippen molar-refractivity contribution < 1.29 is 10.2 Å². The highest BCUT2D eigenvalue weighted by atomic mass is 16.3. The van der Waals surface area contributed by atoms with Gasteiger partial charge in [-0.2, -0.15) is 0 Å². The number of aromatic nitrogens is 1. The van der Waals surface area contributed by atoms with Crippen LogP contribution in [0.5, 0.6) is 0 Å². The van der Waals surface area contributed by atoms with Gasteiger partial charge in [0.2, 0.25) is 0 Å². The molecule has 0 aliphatic heterocycles. The Morgan fingerprint density at radius 1 is 1.57 bits per heavy atom. The third-order valence-electron chi connectivity index (χ3n) is 1.73. The fourth-order valence-electron chi connectivity index (χ4n) is 1.01. The summed E-state index contributed by atoms with van der Waals surface area (Å²) in [6, 6.07) is 5.29. The molecule has 0 saturated heterocycles. The molecule has 4 nitrogen and oxygen atoms in total. The van der Waals surface area contributed by atoms with Crippen LogP contribution < -0.4 is 5.73 Å². The summed E-state index contributed by atoms with van der Waals surface area (Å²) in [5, 5.41) is 18.3. The van der Waals surface area contributed by atoms with E-state index in [-0.39, 0.29) is 5.76 Å². The van der Waals surface area contributed by atoms with Crippen LogP contribution in [0, 0.1) is 0 Å². The second-order valence-electron chi connectivity index (χ2n) is 2.95. The quantitative estimate of drug-likeness (QED) is 0.494. The SMILES string of the molecule is N[C@@H](O)CCC=C(O)c1ccccn1. The minimum Gasteiger partial charge on any atom is -0.506 e. The molecular formula is C10H14N2O2. The van der Waals surface area contributed by atoms with E-state index in [1.807, 2.05) is 0 Å². The highest BCUT2D eigenvalue weighted by Crippen LogP contribution is 2.08. The summed E-state index contributed by atoms with van der Waals surface area (Å²) in [4.78, 5) is 3.96. The van der Waals surface area contributed by atoms with Gasteiger partial charge in [0.05, 0.1) is 0 Å². The van der Waals surface area contributed by atoms with Crippen LogP contribution in [-0.2, 0) is 0 Å². The Kier molecular flexibility index (Phi) is 4.10. The molecule has 1 rings (SSSR count). The minimum atomic E-state index is -0.831. The van der Waals surface area contributed by atoms with E-state index in [1.165, 1.54) is 0 Å². The standard InChI is InChI=1S/C10H14N2O2/c11-10(14)6-3-5-9(13)8-4-1-2-7-12-8/h1-2,4-5,7,10,13-14H,3,6,11H2/t10-/m0/s1. The lowest BCUT2D eigenvalue weighted by atomic mass is 10.2. The Bertz CT molecular complexity index is 296. The molecule has 14 heavy (non-hydrogen) atoms. The molecule has 0 aliphatic rings. The number of allylic oxidation sites excluding steroid dienone is 1. The number of aliphatic hydroxyl groups is 2. The molecule has 1 atom stereocenters. The molecule has 0 bridgehead atoms. The summed E-state index contributed by atoms with van der Waals surface area (Å²) < 4.78 is 0. The van der Waals surface area contributed by atoms with Crippen LogP contribution in [0.4, 0.5) is 0 Å². The van der Waals surface area contributed by atoms with Gasteiger partial charge in [0, 0.05) is 6.20 Å². The fraction of sp³-hybridized carbons (Fsp3) is 0.300. The van der Waals surface area contributed by atoms with Gasteiger partial charge in [0.1, 0.15) is 17.7 Å². The van der Waals surface area contributed by atoms with Crippen LogP contribution in [0.15, 0.2) is 30.5 Å². The van der Waals surface area contributed by atoms with Crippen LogP contribution >= 0.6 is 0 Å². The van der Waals surface area contributed by atoms with Crippen molar-refractivity contribution in [1.29, 1.82) is 0 Å². The maximum absolute atomic E-state index is 9.51. The predicted molar refractivity (Wildman–Crippen MR) is 54.3 cm³/mol. The number of nitrogens with two attached hydrogens (primary N) is 1. The third kappa shape index (κ3) is 3.55. The molecule has 0 spiro atoms. The minimum absolute atomic E-state index is 0.117. The average Bonchev–Trinajstić information content (AvgIpc) is 2.18. The first-order chi connectivity index (χ1) is 6.70. The van der Waals surface area contributed by atoms with E-state index in [0.29, 0.717) is 18.5 Å². The number of rotatable bonds is 4. The lowest BCUT2D eigenvalue weighted by Gasteiger charge is -2.01. The van der Waals surface area contributed by atoms with Crippen molar-refractivity contribution in [3.63, 3.8) is 0 Å². The predicted octanol–water partition coefficient (Wildman–Crippen LogP) is 1.04. The molecule has 4 N–H and O–H groups in total. The van der Waals surface area contributed by atoms with Crippen LogP contribution in [-0.4, -0.2) is 21.4 Å². The second kappa shape index (κ2) is 5.36. The zero-order chi connectivity index (χ0) is 10.4. The van der Waals surface area contributed by atoms with Crippen molar-refractivity contribution in [2.24, 2.45) is 5.73 Å². The van der Waals surface area contributed by atoms with Crippen molar-refractivity contribution >= 4 is 5.76 Å². The number of hydrogen-bond acceptors (Lipinski definition) is 4. The van der Waals surface area contributed by atoms with Crippen LogP contribution in [0.1, 0.15) is 18.5 Å². The van der Waals surface area contributed by atoms with Crippen molar-refractivity contribution in [3.05, 3.63) is 36.2 Å². The third-order valence-corrected chi connectivity index (χ3v) is 1.73. The van der Waals surface area contributed by atoms with E-state index >= 15 is 0 Å². The molecular weight excluding hydrogens is 180 g/mol. The summed E-state index contributed by atoms with van der Waals surface area (Å²) in [6.07, 6.45) is 3.33. The molecule has 0 unspecified atom stereocenters. The molecule has 76 valence electrons. The normalized spacial score (nSPS) is 14.0. The molecule has 0 saturated carbocycles. The number of aliphatic hydroxyl groups excluding tert-OH is 2. The van der Waals surface area contributed by atoms with Crippen LogP contribution in [0.2, 0.25) is 0 Å². The van der Waals surface area contributed by atoms with E-state index in [0.717, 1.165) is 0 Å². The summed E-state index contributed by atoms with van der Waals surface area (Å²) >= 11 is 0. The largest absolute Gasteiger partial charge is 0.506 e. The number of nitrogens with zero attached hydrogens (tertiary/aromatic N) is 1. The second-order valence-corrected chi connectivity index (χ2v) is 2.95. The highest BCUT2D eigenvalue weighted by Gasteiger charge is 1.99. The first-order valence-corrected chi connectivity index (χ1v) is 4.44. The maximum atomic E-state index is 9.51. The van der Waals surface area contributed by atoms with Gasteiger partial charge in [-0.3, -0.25) is 4.98 Å². The molecule has 1 aromatic rings. The molecule has 1 heterocycles. The molecule has 0 aliphatic carbocycles. The summed E-state index contributed by atoms with van der Waals surface area (Å²) in [5.41, 5.74) is 5.67. The van der Waals surface area contributed by atoms with Crippen LogP contribution in [0.25, 0.3) is 5.76 Å². The van der Waals surface area contributed by atoms with Gasteiger partial charge >= 0.3 is 0 Å². The van der Waals surface area contributed by atoms with Gasteiger partial charge < -0.3 is 15.9 Å². The summed E-state index contributed by atoms with van der Waals surface area (Å²) in [5.74, 6) is 0.117. The fourth-order valence-corrected chi connectivity index (χ4v) is 1.01. The van der Waals surface area contributed by atoms with E-state index in [1.54, 1.807) is 30.5 Å². The Morgan fingerprint density at radius 3 is 2.93 bits per heavy atom. The lowest BCUT2D eigenvalue weighted by Crippen LogP contribution is -2.17. The van der Waals surface area contributed by atoms with Gasteiger partial charge in [-0.05, 0) is 31.1 Å². The van der Waals surface area contributed by atoms with Gasteiger partial charge in [0.15, 0.2) is 0 Å². The molecule has 0 aromatic carbocycles. The lowest BCUT2D eigenvalue weighted by molar-refractivity contribution is 0.173. The topological polar surface area (TPSA) is 79.4 Å². The van der Waals surface area contributed by atoms with Crippen molar-refractivity contribution in [3.8, 4) is 0 Å². The number of pyridine rings is 1. The summed E-state index contributed by atoms with van der Waals surface area (Å²) in [7, 11) is 0. The first kappa shape index (κ1) is 10.7.